The van der Waals surface area contributed by atoms with Gasteiger partial charge in [0, 0.05) is 6.61 Å². The van der Waals surface area contributed by atoms with Gasteiger partial charge in [0.1, 0.15) is 10.7 Å². The fraction of sp³-hybridized carbons (Fsp3) is 0.444. The van der Waals surface area contributed by atoms with Crippen LogP contribution in [0.5, 0.6) is 0 Å². The standard InChI is InChI=1S/C9H11FN2O3S/c10-16(13,14)8-1-2-9(11-5-8)12-7-3-4-15-6-7/h1-2,5,7H,3-4,6H2,(H,11,12). The quantitative estimate of drug-likeness (QED) is 0.804. The molecule has 16 heavy (non-hydrogen) atoms. The number of hydrogen-bond acceptors (Lipinski definition) is 5. The van der Waals surface area contributed by atoms with E-state index in [1.54, 1.807) is 0 Å². The topological polar surface area (TPSA) is 68.3 Å². The molecule has 1 aliphatic heterocycles. The number of nitrogens with zero attached hydrogens (tertiary/aromatic N) is 1. The van der Waals surface area contributed by atoms with Gasteiger partial charge in [-0.15, -0.1) is 3.89 Å². The molecular weight excluding hydrogens is 235 g/mol. The van der Waals surface area contributed by atoms with Gasteiger partial charge < -0.3 is 10.1 Å². The van der Waals surface area contributed by atoms with Crippen LogP contribution in [0.3, 0.4) is 0 Å². The van der Waals surface area contributed by atoms with Crippen molar-refractivity contribution < 1.29 is 17.0 Å². The number of hydrogen-bond donors (Lipinski definition) is 1. The van der Waals surface area contributed by atoms with Crippen LogP contribution < -0.4 is 5.32 Å². The van der Waals surface area contributed by atoms with Crippen molar-refractivity contribution in [3.05, 3.63) is 18.3 Å². The summed E-state index contributed by atoms with van der Waals surface area (Å²) < 4.78 is 38.8. The van der Waals surface area contributed by atoms with Crippen LogP contribution in [0.1, 0.15) is 6.42 Å². The molecule has 1 atom stereocenters. The van der Waals surface area contributed by atoms with Crippen LogP contribution in [0, 0.1) is 0 Å². The summed E-state index contributed by atoms with van der Waals surface area (Å²) in [5.74, 6) is 0.517. The van der Waals surface area contributed by atoms with E-state index in [-0.39, 0.29) is 6.04 Å². The maximum Gasteiger partial charge on any atom is 0.333 e. The minimum atomic E-state index is -4.66. The highest BCUT2D eigenvalue weighted by Crippen LogP contribution is 2.15. The molecule has 2 heterocycles. The Balaban J connectivity index is 2.07. The van der Waals surface area contributed by atoms with E-state index < -0.39 is 15.1 Å². The van der Waals surface area contributed by atoms with Crippen molar-refractivity contribution >= 4 is 16.0 Å². The average Bonchev–Trinajstić information content (AvgIpc) is 2.70. The summed E-state index contributed by atoms with van der Waals surface area (Å²) in [5, 5.41) is 3.07. The first-order valence-corrected chi connectivity index (χ1v) is 6.19. The maximum absolute atomic E-state index is 12.5. The van der Waals surface area contributed by atoms with E-state index in [9.17, 15) is 12.3 Å². The lowest BCUT2D eigenvalue weighted by molar-refractivity contribution is 0.195. The van der Waals surface area contributed by atoms with Crippen molar-refractivity contribution in [2.24, 2.45) is 0 Å². The molecule has 0 bridgehead atoms. The van der Waals surface area contributed by atoms with Gasteiger partial charge in [-0.3, -0.25) is 0 Å². The molecule has 1 aromatic rings. The molecule has 0 aliphatic carbocycles. The van der Waals surface area contributed by atoms with E-state index in [4.69, 9.17) is 4.74 Å². The van der Waals surface area contributed by atoms with Crippen LogP contribution in [-0.4, -0.2) is 32.7 Å². The Morgan fingerprint density at radius 1 is 1.50 bits per heavy atom. The van der Waals surface area contributed by atoms with Gasteiger partial charge in [0.25, 0.3) is 0 Å². The van der Waals surface area contributed by atoms with Crippen LogP contribution in [0.2, 0.25) is 0 Å². The Morgan fingerprint density at radius 2 is 2.31 bits per heavy atom. The second-order valence-corrected chi connectivity index (χ2v) is 4.87. The molecule has 0 aromatic carbocycles. The molecule has 0 saturated carbocycles. The molecule has 1 N–H and O–H groups in total. The normalized spacial score (nSPS) is 20.9. The molecule has 5 nitrogen and oxygen atoms in total. The van der Waals surface area contributed by atoms with Crippen molar-refractivity contribution in [2.75, 3.05) is 18.5 Å². The second kappa shape index (κ2) is 4.34. The number of nitrogens with one attached hydrogen (secondary N) is 1. The predicted octanol–water partition coefficient (Wildman–Crippen LogP) is 0.941. The highest BCUT2D eigenvalue weighted by Gasteiger charge is 2.16. The number of pyridine rings is 1. The van der Waals surface area contributed by atoms with Crippen molar-refractivity contribution in [2.45, 2.75) is 17.4 Å². The van der Waals surface area contributed by atoms with E-state index in [0.29, 0.717) is 19.0 Å². The summed E-state index contributed by atoms with van der Waals surface area (Å²) in [5.41, 5.74) is 0. The molecule has 7 heteroatoms. The van der Waals surface area contributed by atoms with Crippen LogP contribution in [0.25, 0.3) is 0 Å². The van der Waals surface area contributed by atoms with Crippen molar-refractivity contribution in [1.82, 2.24) is 4.98 Å². The summed E-state index contributed by atoms with van der Waals surface area (Å²) in [6.45, 7) is 1.31. The molecular formula is C9H11FN2O3S. The zero-order valence-corrected chi connectivity index (χ0v) is 9.21. The molecule has 0 radical (unpaired) electrons. The van der Waals surface area contributed by atoms with E-state index in [0.717, 1.165) is 12.6 Å². The van der Waals surface area contributed by atoms with Crippen molar-refractivity contribution in [3.63, 3.8) is 0 Å². The zero-order valence-electron chi connectivity index (χ0n) is 8.39. The minimum absolute atomic E-state index is 0.181. The summed E-state index contributed by atoms with van der Waals surface area (Å²) >= 11 is 0. The minimum Gasteiger partial charge on any atom is -0.379 e. The van der Waals surface area contributed by atoms with Crippen LogP contribution >= 0.6 is 0 Å². The summed E-state index contributed by atoms with van der Waals surface area (Å²) in [6, 6.07) is 2.80. The molecule has 88 valence electrons. The van der Waals surface area contributed by atoms with Gasteiger partial charge >= 0.3 is 10.2 Å². The smallest absolute Gasteiger partial charge is 0.333 e. The van der Waals surface area contributed by atoms with E-state index >= 15 is 0 Å². The number of halogens is 1. The first kappa shape index (κ1) is 11.3. The fourth-order valence-electron chi connectivity index (χ4n) is 1.47. The van der Waals surface area contributed by atoms with Gasteiger partial charge in [0.15, 0.2) is 0 Å². The molecule has 0 amide bonds. The van der Waals surface area contributed by atoms with E-state index in [2.05, 4.69) is 10.3 Å². The van der Waals surface area contributed by atoms with E-state index in [1.165, 1.54) is 12.1 Å². The van der Waals surface area contributed by atoms with Gasteiger partial charge in [-0.25, -0.2) is 4.98 Å². The Kier molecular flexibility index (Phi) is 3.06. The highest BCUT2D eigenvalue weighted by molar-refractivity contribution is 7.86. The van der Waals surface area contributed by atoms with Gasteiger partial charge in [-0.05, 0) is 18.6 Å². The number of anilines is 1. The van der Waals surface area contributed by atoms with Gasteiger partial charge in [-0.1, -0.05) is 0 Å². The van der Waals surface area contributed by atoms with Crippen LogP contribution in [0.4, 0.5) is 9.70 Å². The Labute approximate surface area is 92.9 Å². The zero-order chi connectivity index (χ0) is 11.6. The largest absolute Gasteiger partial charge is 0.379 e. The number of aromatic nitrogens is 1. The summed E-state index contributed by atoms with van der Waals surface area (Å²) in [7, 11) is -4.66. The molecule has 1 fully saturated rings. The molecule has 0 spiro atoms. The monoisotopic (exact) mass is 246 g/mol. The third-order valence-corrected chi connectivity index (χ3v) is 3.10. The lowest BCUT2D eigenvalue weighted by Crippen LogP contribution is -2.19. The van der Waals surface area contributed by atoms with Gasteiger partial charge in [-0.2, -0.15) is 8.42 Å². The fourth-order valence-corrected chi connectivity index (χ4v) is 1.88. The number of rotatable bonds is 3. The van der Waals surface area contributed by atoms with E-state index in [1.807, 2.05) is 0 Å². The predicted molar refractivity (Wildman–Crippen MR) is 55.4 cm³/mol. The second-order valence-electron chi connectivity index (χ2n) is 3.52. The molecule has 1 aliphatic rings. The van der Waals surface area contributed by atoms with Crippen molar-refractivity contribution in [1.29, 1.82) is 0 Å². The molecule has 1 saturated heterocycles. The first-order chi connectivity index (χ1) is 7.55. The molecule has 1 aromatic heterocycles. The SMILES string of the molecule is O=S(=O)(F)c1ccc(NC2CCOC2)nc1. The average molecular weight is 246 g/mol. The Hall–Kier alpha value is -1.21. The maximum atomic E-state index is 12.5. The first-order valence-electron chi connectivity index (χ1n) is 4.81. The lowest BCUT2D eigenvalue weighted by Gasteiger charge is -2.10. The van der Waals surface area contributed by atoms with Crippen molar-refractivity contribution in [3.8, 4) is 0 Å². The van der Waals surface area contributed by atoms with Crippen LogP contribution in [0.15, 0.2) is 23.2 Å². The van der Waals surface area contributed by atoms with Crippen LogP contribution in [-0.2, 0) is 15.0 Å². The lowest BCUT2D eigenvalue weighted by atomic mass is 10.2. The third kappa shape index (κ3) is 2.67. The third-order valence-electron chi connectivity index (χ3n) is 2.30. The van der Waals surface area contributed by atoms with Gasteiger partial charge in [0.2, 0.25) is 0 Å². The Morgan fingerprint density at radius 3 is 2.81 bits per heavy atom. The van der Waals surface area contributed by atoms with Gasteiger partial charge in [0.05, 0.1) is 18.8 Å². The number of ether oxygens (including phenoxy) is 1. The molecule has 1 unspecified atom stereocenters. The molecule has 2 rings (SSSR count). The Bertz CT molecular complexity index is 454. The highest BCUT2D eigenvalue weighted by atomic mass is 32.3. The summed E-state index contributed by atoms with van der Waals surface area (Å²) in [4.78, 5) is 3.39. The summed E-state index contributed by atoms with van der Waals surface area (Å²) in [6.07, 6.45) is 1.87.